The van der Waals surface area contributed by atoms with Gasteiger partial charge in [0.2, 0.25) is 5.91 Å². The van der Waals surface area contributed by atoms with Crippen molar-refractivity contribution in [2.45, 2.75) is 52.2 Å². The van der Waals surface area contributed by atoms with Gasteiger partial charge in [0.25, 0.3) is 0 Å². The summed E-state index contributed by atoms with van der Waals surface area (Å²) in [5.74, 6) is 0.671. The van der Waals surface area contributed by atoms with Crippen molar-refractivity contribution < 1.29 is 4.79 Å². The van der Waals surface area contributed by atoms with Gasteiger partial charge in [0, 0.05) is 12.6 Å². The average molecular weight is 274 g/mol. The number of amides is 1. The second-order valence-electron chi connectivity index (χ2n) is 6.10. The van der Waals surface area contributed by atoms with Crippen LogP contribution in [0.4, 0.5) is 0 Å². The van der Waals surface area contributed by atoms with Crippen molar-refractivity contribution in [1.29, 1.82) is 0 Å². The molecule has 0 radical (unpaired) electrons. The van der Waals surface area contributed by atoms with Gasteiger partial charge in [-0.3, -0.25) is 4.79 Å². The Morgan fingerprint density at radius 1 is 1.35 bits per heavy atom. The Morgan fingerprint density at radius 2 is 2.05 bits per heavy atom. The van der Waals surface area contributed by atoms with E-state index in [0.29, 0.717) is 12.5 Å². The molecule has 0 aliphatic carbocycles. The maximum absolute atomic E-state index is 12.8. The molecule has 0 aromatic heterocycles. The van der Waals surface area contributed by atoms with E-state index in [1.807, 2.05) is 23.1 Å². The first-order valence-electron chi connectivity index (χ1n) is 7.67. The van der Waals surface area contributed by atoms with Crippen LogP contribution in [0.3, 0.4) is 0 Å². The molecule has 0 spiro atoms. The largest absolute Gasteiger partial charge is 0.335 e. The van der Waals surface area contributed by atoms with Crippen molar-refractivity contribution >= 4 is 5.91 Å². The number of rotatable bonds is 4. The van der Waals surface area contributed by atoms with Gasteiger partial charge in [-0.15, -0.1) is 0 Å². The van der Waals surface area contributed by atoms with Crippen LogP contribution in [-0.4, -0.2) is 29.4 Å². The SMILES string of the molecule is CC1CCCNC1C(=O)N(Cc1ccccc1)C(C)C. The predicted octanol–water partition coefficient (Wildman–Crippen LogP) is 2.81. The molecule has 0 saturated carbocycles. The van der Waals surface area contributed by atoms with E-state index in [1.165, 1.54) is 12.0 Å². The third-order valence-corrected chi connectivity index (χ3v) is 4.14. The summed E-state index contributed by atoms with van der Waals surface area (Å²) in [4.78, 5) is 14.8. The fourth-order valence-corrected chi connectivity index (χ4v) is 2.85. The Labute approximate surface area is 122 Å². The van der Waals surface area contributed by atoms with E-state index in [2.05, 4.69) is 38.2 Å². The molecule has 1 N–H and O–H groups in total. The topological polar surface area (TPSA) is 32.3 Å². The zero-order valence-electron chi connectivity index (χ0n) is 12.8. The molecular formula is C17H26N2O. The number of nitrogens with zero attached hydrogens (tertiary/aromatic N) is 1. The van der Waals surface area contributed by atoms with Crippen LogP contribution in [-0.2, 0) is 11.3 Å². The van der Waals surface area contributed by atoms with Crippen molar-refractivity contribution in [1.82, 2.24) is 10.2 Å². The summed E-state index contributed by atoms with van der Waals surface area (Å²) in [6.07, 6.45) is 2.31. The molecule has 1 aromatic carbocycles. The summed E-state index contributed by atoms with van der Waals surface area (Å²) < 4.78 is 0. The molecule has 1 heterocycles. The first-order valence-corrected chi connectivity index (χ1v) is 7.67. The van der Waals surface area contributed by atoms with Crippen LogP contribution in [0.1, 0.15) is 39.2 Å². The van der Waals surface area contributed by atoms with E-state index in [0.717, 1.165) is 13.0 Å². The third kappa shape index (κ3) is 3.60. The molecule has 1 aromatic rings. The van der Waals surface area contributed by atoms with E-state index in [-0.39, 0.29) is 18.0 Å². The van der Waals surface area contributed by atoms with Gasteiger partial charge < -0.3 is 10.2 Å². The highest BCUT2D eigenvalue weighted by Gasteiger charge is 2.31. The van der Waals surface area contributed by atoms with Crippen LogP contribution in [0.15, 0.2) is 30.3 Å². The third-order valence-electron chi connectivity index (χ3n) is 4.14. The normalized spacial score (nSPS) is 22.8. The highest BCUT2D eigenvalue weighted by molar-refractivity contribution is 5.82. The molecule has 110 valence electrons. The van der Waals surface area contributed by atoms with Gasteiger partial charge in [0.15, 0.2) is 0 Å². The number of nitrogens with one attached hydrogen (secondary N) is 1. The van der Waals surface area contributed by atoms with Crippen molar-refractivity contribution in [3.63, 3.8) is 0 Å². The average Bonchev–Trinajstić information content (AvgIpc) is 2.45. The van der Waals surface area contributed by atoms with Crippen LogP contribution in [0, 0.1) is 5.92 Å². The monoisotopic (exact) mass is 274 g/mol. The molecule has 0 bridgehead atoms. The summed E-state index contributed by atoms with van der Waals surface area (Å²) in [5.41, 5.74) is 1.19. The fourth-order valence-electron chi connectivity index (χ4n) is 2.85. The summed E-state index contributed by atoms with van der Waals surface area (Å²) in [7, 11) is 0. The van der Waals surface area contributed by atoms with Crippen LogP contribution in [0.5, 0.6) is 0 Å². The molecule has 1 aliphatic rings. The minimum Gasteiger partial charge on any atom is -0.335 e. The van der Waals surface area contributed by atoms with Crippen molar-refractivity contribution in [2.24, 2.45) is 5.92 Å². The number of hydrogen-bond donors (Lipinski definition) is 1. The highest BCUT2D eigenvalue weighted by atomic mass is 16.2. The maximum Gasteiger partial charge on any atom is 0.240 e. The van der Waals surface area contributed by atoms with Crippen molar-refractivity contribution in [3.8, 4) is 0 Å². The summed E-state index contributed by atoms with van der Waals surface area (Å²) in [6, 6.07) is 10.4. The molecule has 3 nitrogen and oxygen atoms in total. The highest BCUT2D eigenvalue weighted by Crippen LogP contribution is 2.19. The zero-order chi connectivity index (χ0) is 14.5. The molecule has 1 fully saturated rings. The number of carbonyl (C=O) groups excluding carboxylic acids is 1. The minimum absolute atomic E-state index is 0.0186. The van der Waals surface area contributed by atoms with Gasteiger partial charge in [-0.2, -0.15) is 0 Å². The van der Waals surface area contributed by atoms with Gasteiger partial charge in [-0.05, 0) is 44.7 Å². The Hall–Kier alpha value is -1.35. The second-order valence-corrected chi connectivity index (χ2v) is 6.10. The number of carbonyl (C=O) groups is 1. The lowest BCUT2D eigenvalue weighted by molar-refractivity contribution is -0.137. The lowest BCUT2D eigenvalue weighted by Gasteiger charge is -2.36. The molecule has 2 atom stereocenters. The first kappa shape index (κ1) is 15.0. The number of benzene rings is 1. The number of piperidine rings is 1. The fraction of sp³-hybridized carbons (Fsp3) is 0.588. The van der Waals surface area contributed by atoms with Gasteiger partial charge in [-0.25, -0.2) is 0 Å². The van der Waals surface area contributed by atoms with Crippen LogP contribution >= 0.6 is 0 Å². The summed E-state index contributed by atoms with van der Waals surface area (Å²) in [5, 5.41) is 3.40. The van der Waals surface area contributed by atoms with Crippen molar-refractivity contribution in [2.75, 3.05) is 6.54 Å². The minimum atomic E-state index is -0.0186. The first-order chi connectivity index (χ1) is 9.59. The second kappa shape index (κ2) is 6.89. The van der Waals surface area contributed by atoms with E-state index < -0.39 is 0 Å². The molecule has 2 unspecified atom stereocenters. The molecule has 1 saturated heterocycles. The molecule has 1 aliphatic heterocycles. The summed E-state index contributed by atoms with van der Waals surface area (Å²) in [6.45, 7) is 8.01. The molecule has 1 amide bonds. The van der Waals surface area contributed by atoms with Crippen LogP contribution < -0.4 is 5.32 Å². The van der Waals surface area contributed by atoms with Gasteiger partial charge >= 0.3 is 0 Å². The van der Waals surface area contributed by atoms with E-state index in [9.17, 15) is 4.79 Å². The lowest BCUT2D eigenvalue weighted by atomic mass is 9.91. The standard InChI is InChI=1S/C17H26N2O/c1-13(2)19(12-15-9-5-4-6-10-15)17(20)16-14(3)8-7-11-18-16/h4-6,9-10,13-14,16,18H,7-8,11-12H2,1-3H3. The molecule has 3 heteroatoms. The Balaban J connectivity index is 2.09. The van der Waals surface area contributed by atoms with Gasteiger partial charge in [-0.1, -0.05) is 37.3 Å². The summed E-state index contributed by atoms with van der Waals surface area (Å²) >= 11 is 0. The Morgan fingerprint density at radius 3 is 2.65 bits per heavy atom. The van der Waals surface area contributed by atoms with E-state index in [4.69, 9.17) is 0 Å². The van der Waals surface area contributed by atoms with Crippen molar-refractivity contribution in [3.05, 3.63) is 35.9 Å². The molecule has 20 heavy (non-hydrogen) atoms. The zero-order valence-corrected chi connectivity index (χ0v) is 12.8. The van der Waals surface area contributed by atoms with E-state index >= 15 is 0 Å². The molecule has 2 rings (SSSR count). The number of hydrogen-bond acceptors (Lipinski definition) is 2. The molecular weight excluding hydrogens is 248 g/mol. The van der Waals surface area contributed by atoms with Crippen LogP contribution in [0.2, 0.25) is 0 Å². The Bertz CT molecular complexity index is 430. The smallest absolute Gasteiger partial charge is 0.240 e. The van der Waals surface area contributed by atoms with E-state index in [1.54, 1.807) is 0 Å². The van der Waals surface area contributed by atoms with Gasteiger partial charge in [0.05, 0.1) is 6.04 Å². The predicted molar refractivity (Wildman–Crippen MR) is 82.3 cm³/mol. The van der Waals surface area contributed by atoms with Crippen LogP contribution in [0.25, 0.3) is 0 Å². The quantitative estimate of drug-likeness (QED) is 0.915. The Kier molecular flexibility index (Phi) is 5.18. The van der Waals surface area contributed by atoms with Gasteiger partial charge in [0.1, 0.15) is 0 Å². The lowest BCUT2D eigenvalue weighted by Crippen LogP contribution is -2.53. The maximum atomic E-state index is 12.8.